The zero-order valence-corrected chi connectivity index (χ0v) is 19.1. The van der Waals surface area contributed by atoms with Crippen LogP contribution in [0.3, 0.4) is 0 Å². The molecule has 176 valence electrons. The number of carbonyl (C=O) groups is 1. The number of nitro groups is 1. The molecule has 2 aromatic carbocycles. The van der Waals surface area contributed by atoms with E-state index >= 15 is 0 Å². The van der Waals surface area contributed by atoms with Crippen LogP contribution in [0.25, 0.3) is 0 Å². The molecule has 2 aromatic rings. The number of nitro benzene ring substituents is 1. The number of non-ortho nitro benzene ring substituents is 1. The van der Waals surface area contributed by atoms with E-state index in [9.17, 15) is 14.9 Å². The molecule has 1 aliphatic heterocycles. The zero-order valence-electron chi connectivity index (χ0n) is 19.1. The van der Waals surface area contributed by atoms with Crippen molar-refractivity contribution < 1.29 is 9.72 Å². The second kappa shape index (κ2) is 11.3. The first-order valence-electron chi connectivity index (χ1n) is 12.2. The molecule has 1 saturated carbocycles. The van der Waals surface area contributed by atoms with Gasteiger partial charge in [-0.05, 0) is 49.8 Å². The molecule has 1 unspecified atom stereocenters. The van der Waals surface area contributed by atoms with Gasteiger partial charge in [0.25, 0.3) is 5.69 Å². The van der Waals surface area contributed by atoms with Crippen molar-refractivity contribution in [3.05, 3.63) is 70.3 Å². The van der Waals surface area contributed by atoms with Crippen LogP contribution in [0.2, 0.25) is 0 Å². The molecule has 3 atom stereocenters. The summed E-state index contributed by atoms with van der Waals surface area (Å²) in [6.45, 7) is 1.84. The maximum absolute atomic E-state index is 12.6. The molecular weight excluding hydrogens is 416 g/mol. The van der Waals surface area contributed by atoms with Crippen molar-refractivity contribution in [3.63, 3.8) is 0 Å². The maximum Gasteiger partial charge on any atom is 0.269 e. The second-order valence-electron chi connectivity index (χ2n) is 9.28. The summed E-state index contributed by atoms with van der Waals surface area (Å²) < 4.78 is 0. The average molecular weight is 451 g/mol. The van der Waals surface area contributed by atoms with Crippen molar-refractivity contribution in [1.29, 1.82) is 0 Å². The van der Waals surface area contributed by atoms with Crippen LogP contribution in [0.1, 0.15) is 50.5 Å². The highest BCUT2D eigenvalue weighted by Gasteiger charge is 2.30. The number of hydrogen-bond acceptors (Lipinski definition) is 5. The third-order valence-corrected chi connectivity index (χ3v) is 6.89. The number of amides is 1. The number of rotatable bonds is 8. The smallest absolute Gasteiger partial charge is 0.269 e. The summed E-state index contributed by atoms with van der Waals surface area (Å²) >= 11 is 0. The second-order valence-corrected chi connectivity index (χ2v) is 9.28. The summed E-state index contributed by atoms with van der Waals surface area (Å²) in [6, 6.07) is 17.8. The number of nitrogens with zero attached hydrogens (tertiary/aromatic N) is 2. The van der Waals surface area contributed by atoms with Crippen LogP contribution in [-0.2, 0) is 11.2 Å². The highest BCUT2D eigenvalue weighted by atomic mass is 16.6. The van der Waals surface area contributed by atoms with E-state index in [1.54, 1.807) is 12.1 Å². The molecule has 0 bridgehead atoms. The van der Waals surface area contributed by atoms with E-state index in [0.29, 0.717) is 18.5 Å². The number of carbonyl (C=O) groups excluding carboxylic acids is 1. The van der Waals surface area contributed by atoms with E-state index in [0.717, 1.165) is 57.3 Å². The molecule has 4 rings (SSSR count). The number of aryl methyl sites for hydroxylation is 1. The van der Waals surface area contributed by atoms with Crippen molar-refractivity contribution in [1.82, 2.24) is 10.6 Å². The molecule has 1 heterocycles. The predicted octanol–water partition coefficient (Wildman–Crippen LogP) is 4.21. The summed E-state index contributed by atoms with van der Waals surface area (Å²) in [5.74, 6) is 0.133. The number of anilines is 1. The SMILES string of the molecule is O=C(CCc1ccccc1)N[C@@H]1CCCC[C@H]1NC1CCCN(c2ccc([N+](=O)[O-])cc2)C1. The maximum atomic E-state index is 12.6. The Morgan fingerprint density at radius 1 is 0.970 bits per heavy atom. The molecule has 1 amide bonds. The van der Waals surface area contributed by atoms with Crippen LogP contribution in [0.4, 0.5) is 11.4 Å². The standard InChI is InChI=1S/C26H34N4O3/c31-26(17-12-20-7-2-1-3-8-20)28-25-11-5-4-10-24(25)27-21-9-6-18-29(19-21)22-13-15-23(16-14-22)30(32)33/h1-3,7-8,13-16,21,24-25,27H,4-6,9-12,17-19H2,(H,28,31)/t21?,24-,25-/m1/s1. The van der Waals surface area contributed by atoms with Crippen LogP contribution >= 0.6 is 0 Å². The van der Waals surface area contributed by atoms with E-state index < -0.39 is 0 Å². The average Bonchev–Trinajstić information content (AvgIpc) is 2.85. The van der Waals surface area contributed by atoms with E-state index in [-0.39, 0.29) is 22.6 Å². The minimum absolute atomic E-state index is 0.124. The number of hydrogen-bond donors (Lipinski definition) is 2. The Bertz CT molecular complexity index is 919. The molecule has 1 saturated heterocycles. The Morgan fingerprint density at radius 3 is 2.42 bits per heavy atom. The topological polar surface area (TPSA) is 87.5 Å². The molecule has 0 radical (unpaired) electrons. The van der Waals surface area contributed by atoms with Crippen LogP contribution < -0.4 is 15.5 Å². The minimum atomic E-state index is -0.359. The number of benzene rings is 2. The Kier molecular flexibility index (Phi) is 7.94. The van der Waals surface area contributed by atoms with Gasteiger partial charge >= 0.3 is 0 Å². The lowest BCUT2D eigenvalue weighted by Gasteiger charge is -2.40. The fraction of sp³-hybridized carbons (Fsp3) is 0.500. The van der Waals surface area contributed by atoms with Gasteiger partial charge in [-0.3, -0.25) is 14.9 Å². The molecule has 2 fully saturated rings. The Labute approximate surface area is 195 Å². The van der Waals surface area contributed by atoms with E-state index in [2.05, 4.69) is 27.7 Å². The van der Waals surface area contributed by atoms with E-state index in [4.69, 9.17) is 0 Å². The molecule has 7 nitrogen and oxygen atoms in total. The monoisotopic (exact) mass is 450 g/mol. The van der Waals surface area contributed by atoms with Gasteiger partial charge in [-0.2, -0.15) is 0 Å². The van der Waals surface area contributed by atoms with E-state index in [1.807, 2.05) is 30.3 Å². The molecule has 2 aliphatic rings. The molecular formula is C26H34N4O3. The number of nitrogens with one attached hydrogen (secondary N) is 2. The fourth-order valence-electron chi connectivity index (χ4n) is 5.12. The molecule has 33 heavy (non-hydrogen) atoms. The lowest BCUT2D eigenvalue weighted by Crippen LogP contribution is -2.57. The van der Waals surface area contributed by atoms with Crippen LogP contribution in [0, 0.1) is 10.1 Å². The highest BCUT2D eigenvalue weighted by Crippen LogP contribution is 2.25. The van der Waals surface area contributed by atoms with Gasteiger partial charge in [0.05, 0.1) is 4.92 Å². The van der Waals surface area contributed by atoms with Gasteiger partial charge in [-0.15, -0.1) is 0 Å². The first-order chi connectivity index (χ1) is 16.1. The fourth-order valence-corrected chi connectivity index (χ4v) is 5.12. The highest BCUT2D eigenvalue weighted by molar-refractivity contribution is 5.76. The summed E-state index contributed by atoms with van der Waals surface area (Å²) in [7, 11) is 0. The van der Waals surface area contributed by atoms with Crippen LogP contribution in [-0.4, -0.2) is 42.0 Å². The Morgan fingerprint density at radius 2 is 1.70 bits per heavy atom. The lowest BCUT2D eigenvalue weighted by atomic mass is 9.88. The summed E-state index contributed by atoms with van der Waals surface area (Å²) in [5, 5.41) is 18.1. The van der Waals surface area contributed by atoms with Gasteiger partial charge in [0.2, 0.25) is 5.91 Å². The molecule has 2 N–H and O–H groups in total. The summed E-state index contributed by atoms with van der Waals surface area (Å²) in [4.78, 5) is 25.5. The minimum Gasteiger partial charge on any atom is -0.370 e. The van der Waals surface area contributed by atoms with Crippen molar-refractivity contribution in [2.45, 2.75) is 69.5 Å². The quantitative estimate of drug-likeness (QED) is 0.465. The van der Waals surface area contributed by atoms with Gasteiger partial charge in [0.1, 0.15) is 0 Å². The zero-order chi connectivity index (χ0) is 23.0. The van der Waals surface area contributed by atoms with Gasteiger partial charge < -0.3 is 15.5 Å². The Hall–Kier alpha value is -2.93. The molecule has 0 aromatic heterocycles. The molecule has 7 heteroatoms. The van der Waals surface area contributed by atoms with Crippen molar-refractivity contribution in [2.75, 3.05) is 18.0 Å². The van der Waals surface area contributed by atoms with E-state index in [1.165, 1.54) is 12.0 Å². The molecule has 1 aliphatic carbocycles. The number of piperidine rings is 1. The summed E-state index contributed by atoms with van der Waals surface area (Å²) in [5.41, 5.74) is 2.35. The van der Waals surface area contributed by atoms with Gasteiger partial charge in [-0.25, -0.2) is 0 Å². The van der Waals surface area contributed by atoms with Crippen LogP contribution in [0.15, 0.2) is 54.6 Å². The first-order valence-corrected chi connectivity index (χ1v) is 12.2. The van der Waals surface area contributed by atoms with Crippen molar-refractivity contribution in [3.8, 4) is 0 Å². The predicted molar refractivity (Wildman–Crippen MR) is 130 cm³/mol. The first kappa shape index (κ1) is 23.2. The van der Waals surface area contributed by atoms with Crippen molar-refractivity contribution in [2.24, 2.45) is 0 Å². The normalized spacial score (nSPS) is 23.2. The Balaban J connectivity index is 1.30. The third kappa shape index (κ3) is 6.54. The largest absolute Gasteiger partial charge is 0.370 e. The van der Waals surface area contributed by atoms with Gasteiger partial charge in [-0.1, -0.05) is 43.2 Å². The lowest BCUT2D eigenvalue weighted by molar-refractivity contribution is -0.384. The van der Waals surface area contributed by atoms with Gasteiger partial charge in [0.15, 0.2) is 0 Å². The molecule has 0 spiro atoms. The summed E-state index contributed by atoms with van der Waals surface area (Å²) in [6.07, 6.45) is 7.92. The third-order valence-electron chi connectivity index (χ3n) is 6.89. The van der Waals surface area contributed by atoms with Crippen LogP contribution in [0.5, 0.6) is 0 Å². The van der Waals surface area contributed by atoms with Gasteiger partial charge in [0, 0.05) is 55.5 Å². The van der Waals surface area contributed by atoms with Crippen molar-refractivity contribution >= 4 is 17.3 Å².